The molecular formula is C9H13N3O2. The Balaban J connectivity index is 2.90. The van der Waals surface area contributed by atoms with Gasteiger partial charge in [0.25, 0.3) is 5.91 Å². The summed E-state index contributed by atoms with van der Waals surface area (Å²) >= 11 is 0. The molecule has 0 spiro atoms. The number of hydrogen-bond acceptors (Lipinski definition) is 3. The van der Waals surface area contributed by atoms with Crippen LogP contribution in [0.25, 0.3) is 0 Å². The summed E-state index contributed by atoms with van der Waals surface area (Å²) in [6, 6.07) is -0.624. The Morgan fingerprint density at radius 3 is 2.50 bits per heavy atom. The van der Waals surface area contributed by atoms with Crippen LogP contribution in [0.1, 0.15) is 27.2 Å². The van der Waals surface area contributed by atoms with Gasteiger partial charge in [0, 0.05) is 0 Å². The van der Waals surface area contributed by atoms with Crippen LogP contribution in [-0.4, -0.2) is 22.4 Å². The Morgan fingerprint density at radius 1 is 1.57 bits per heavy atom. The van der Waals surface area contributed by atoms with Crippen molar-refractivity contribution >= 4 is 11.9 Å². The molecule has 1 unspecified atom stereocenters. The lowest BCUT2D eigenvalue weighted by Gasteiger charge is -2.22. The highest BCUT2D eigenvalue weighted by molar-refractivity contribution is 6.08. The fourth-order valence-electron chi connectivity index (χ4n) is 1.73. The average Bonchev–Trinajstić information content (AvgIpc) is 2.21. The number of amides is 3. The summed E-state index contributed by atoms with van der Waals surface area (Å²) in [7, 11) is 0. The van der Waals surface area contributed by atoms with Crippen molar-refractivity contribution in [3.63, 3.8) is 0 Å². The molecule has 0 saturated carbocycles. The smallest absolute Gasteiger partial charge is 0.322 e. The zero-order chi connectivity index (χ0) is 10.9. The number of carbonyl (C=O) groups is 2. The van der Waals surface area contributed by atoms with E-state index in [0.29, 0.717) is 11.3 Å². The fourth-order valence-corrected chi connectivity index (χ4v) is 1.73. The van der Waals surface area contributed by atoms with Crippen molar-refractivity contribution in [2.45, 2.75) is 32.7 Å². The Labute approximate surface area is 82.7 Å². The number of nitrogens with one attached hydrogen (secondary N) is 1. The van der Waals surface area contributed by atoms with E-state index in [-0.39, 0.29) is 5.92 Å². The number of carbonyl (C=O) groups excluding carboxylic acids is 2. The third-order valence-corrected chi connectivity index (χ3v) is 2.18. The van der Waals surface area contributed by atoms with Gasteiger partial charge in [-0.1, -0.05) is 13.8 Å². The van der Waals surface area contributed by atoms with Gasteiger partial charge < -0.3 is 5.32 Å². The maximum atomic E-state index is 11.6. The minimum atomic E-state index is -0.916. The number of nitriles is 1. The van der Waals surface area contributed by atoms with Gasteiger partial charge >= 0.3 is 6.03 Å². The number of hydrogen-bond donors (Lipinski definition) is 1. The van der Waals surface area contributed by atoms with E-state index in [1.165, 1.54) is 0 Å². The van der Waals surface area contributed by atoms with E-state index >= 15 is 0 Å². The van der Waals surface area contributed by atoms with E-state index in [2.05, 4.69) is 5.32 Å². The molecule has 1 atom stereocenters. The zero-order valence-corrected chi connectivity index (χ0v) is 8.50. The summed E-state index contributed by atoms with van der Waals surface area (Å²) in [5, 5.41) is 11.1. The van der Waals surface area contributed by atoms with Gasteiger partial charge in [0.15, 0.2) is 6.19 Å². The van der Waals surface area contributed by atoms with Gasteiger partial charge in [0.1, 0.15) is 5.54 Å². The molecule has 5 nitrogen and oxygen atoms in total. The molecule has 5 heteroatoms. The van der Waals surface area contributed by atoms with Gasteiger partial charge in [-0.2, -0.15) is 10.2 Å². The highest BCUT2D eigenvalue weighted by atomic mass is 16.2. The maximum Gasteiger partial charge on any atom is 0.338 e. The molecule has 3 amide bonds. The lowest BCUT2D eigenvalue weighted by atomic mass is 9.91. The van der Waals surface area contributed by atoms with Crippen molar-refractivity contribution in [3.05, 3.63) is 0 Å². The lowest BCUT2D eigenvalue weighted by Crippen LogP contribution is -2.44. The van der Waals surface area contributed by atoms with Crippen LogP contribution in [0.3, 0.4) is 0 Å². The van der Waals surface area contributed by atoms with Crippen LogP contribution < -0.4 is 5.32 Å². The SMILES string of the molecule is CC(C)CC1(C)NC(=O)N(C#N)C1=O. The molecule has 76 valence electrons. The summed E-state index contributed by atoms with van der Waals surface area (Å²) in [6.07, 6.45) is 2.10. The number of urea groups is 1. The summed E-state index contributed by atoms with van der Waals surface area (Å²) in [4.78, 5) is 23.4. The normalized spacial score (nSPS) is 26.6. The molecule has 0 bridgehead atoms. The molecule has 14 heavy (non-hydrogen) atoms. The Hall–Kier alpha value is -1.57. The lowest BCUT2D eigenvalue weighted by molar-refractivity contribution is -0.129. The molecule has 0 aromatic carbocycles. The molecule has 0 aromatic rings. The minimum Gasteiger partial charge on any atom is -0.322 e. The Kier molecular flexibility index (Phi) is 2.47. The fraction of sp³-hybridized carbons (Fsp3) is 0.667. The first kappa shape index (κ1) is 10.5. The molecule has 1 heterocycles. The van der Waals surface area contributed by atoms with Crippen molar-refractivity contribution in [2.24, 2.45) is 5.92 Å². The first-order chi connectivity index (χ1) is 6.40. The molecular weight excluding hydrogens is 182 g/mol. The summed E-state index contributed by atoms with van der Waals surface area (Å²) in [6.45, 7) is 5.56. The van der Waals surface area contributed by atoms with Crippen molar-refractivity contribution < 1.29 is 9.59 Å². The van der Waals surface area contributed by atoms with Crippen molar-refractivity contribution in [1.29, 1.82) is 5.26 Å². The van der Waals surface area contributed by atoms with Gasteiger partial charge in [0.2, 0.25) is 0 Å². The van der Waals surface area contributed by atoms with Crippen LogP contribution >= 0.6 is 0 Å². The third kappa shape index (κ3) is 1.55. The number of nitrogens with zero attached hydrogens (tertiary/aromatic N) is 2. The molecule has 1 fully saturated rings. The predicted octanol–water partition coefficient (Wildman–Crippen LogP) is 0.824. The van der Waals surface area contributed by atoms with Crippen LogP contribution in [0.5, 0.6) is 0 Å². The van der Waals surface area contributed by atoms with Gasteiger partial charge in [0.05, 0.1) is 0 Å². The highest BCUT2D eigenvalue weighted by Gasteiger charge is 2.48. The predicted molar refractivity (Wildman–Crippen MR) is 48.9 cm³/mol. The first-order valence-corrected chi connectivity index (χ1v) is 4.47. The summed E-state index contributed by atoms with van der Waals surface area (Å²) in [5.41, 5.74) is -0.916. The van der Waals surface area contributed by atoms with E-state index in [9.17, 15) is 9.59 Å². The van der Waals surface area contributed by atoms with Crippen LogP contribution in [0.2, 0.25) is 0 Å². The molecule has 0 aromatic heterocycles. The van der Waals surface area contributed by atoms with E-state index in [1.807, 2.05) is 13.8 Å². The molecule has 0 aliphatic carbocycles. The highest BCUT2D eigenvalue weighted by Crippen LogP contribution is 2.24. The summed E-state index contributed by atoms with van der Waals surface area (Å²) in [5.74, 6) is -0.179. The molecule has 1 rings (SSSR count). The maximum absolute atomic E-state index is 11.6. The number of rotatable bonds is 2. The van der Waals surface area contributed by atoms with Gasteiger partial charge in [-0.25, -0.2) is 4.79 Å². The standard InChI is InChI=1S/C9H13N3O2/c1-6(2)4-9(3)7(13)12(5-10)8(14)11-9/h6H,4H2,1-3H3,(H,11,14). The molecule has 1 saturated heterocycles. The van der Waals surface area contributed by atoms with Crippen molar-refractivity contribution in [2.75, 3.05) is 0 Å². The van der Waals surface area contributed by atoms with Gasteiger partial charge in [-0.15, -0.1) is 0 Å². The van der Waals surface area contributed by atoms with Gasteiger partial charge in [-0.3, -0.25) is 4.79 Å². The van der Waals surface area contributed by atoms with E-state index in [1.54, 1.807) is 13.1 Å². The second kappa shape index (κ2) is 3.29. The largest absolute Gasteiger partial charge is 0.338 e. The van der Waals surface area contributed by atoms with Crippen molar-refractivity contribution in [3.8, 4) is 6.19 Å². The third-order valence-electron chi connectivity index (χ3n) is 2.18. The quantitative estimate of drug-likeness (QED) is 0.523. The summed E-state index contributed by atoms with van der Waals surface area (Å²) < 4.78 is 0. The Bertz CT molecular complexity index is 319. The molecule has 1 N–H and O–H groups in total. The van der Waals surface area contributed by atoms with E-state index in [0.717, 1.165) is 0 Å². The van der Waals surface area contributed by atoms with Crippen LogP contribution in [0.15, 0.2) is 0 Å². The van der Waals surface area contributed by atoms with E-state index < -0.39 is 17.5 Å². The number of imide groups is 1. The van der Waals surface area contributed by atoms with Crippen LogP contribution in [-0.2, 0) is 4.79 Å². The molecule has 1 aliphatic heterocycles. The monoisotopic (exact) mass is 195 g/mol. The Morgan fingerprint density at radius 2 is 2.14 bits per heavy atom. The second-order valence-corrected chi connectivity index (χ2v) is 4.10. The minimum absolute atomic E-state index is 0.280. The first-order valence-electron chi connectivity index (χ1n) is 4.47. The molecule has 1 aliphatic rings. The van der Waals surface area contributed by atoms with Crippen molar-refractivity contribution in [1.82, 2.24) is 10.2 Å². The molecule has 0 radical (unpaired) electrons. The van der Waals surface area contributed by atoms with Gasteiger partial charge in [-0.05, 0) is 19.3 Å². The van der Waals surface area contributed by atoms with Crippen LogP contribution in [0.4, 0.5) is 4.79 Å². The second-order valence-electron chi connectivity index (χ2n) is 4.10. The zero-order valence-electron chi connectivity index (χ0n) is 8.50. The topological polar surface area (TPSA) is 73.2 Å². The average molecular weight is 195 g/mol. The van der Waals surface area contributed by atoms with Crippen LogP contribution in [0, 0.1) is 17.4 Å². The van der Waals surface area contributed by atoms with E-state index in [4.69, 9.17) is 5.26 Å².